The van der Waals surface area contributed by atoms with Crippen molar-refractivity contribution in [3.8, 4) is 11.8 Å². The van der Waals surface area contributed by atoms with Crippen molar-refractivity contribution in [1.29, 1.82) is 0 Å². The van der Waals surface area contributed by atoms with E-state index in [1.807, 2.05) is 38.1 Å². The molecule has 0 saturated carbocycles. The van der Waals surface area contributed by atoms with Crippen molar-refractivity contribution in [2.45, 2.75) is 20.4 Å². The van der Waals surface area contributed by atoms with Crippen LogP contribution in [-0.4, -0.2) is 47.7 Å². The average molecular weight is 274 g/mol. The van der Waals surface area contributed by atoms with Gasteiger partial charge in [0.25, 0.3) is 0 Å². The highest BCUT2D eigenvalue weighted by Gasteiger charge is 2.14. The molecule has 0 aliphatic heterocycles. The van der Waals surface area contributed by atoms with Crippen LogP contribution in [0.5, 0.6) is 0 Å². The molecule has 0 heterocycles. The van der Waals surface area contributed by atoms with Gasteiger partial charge < -0.3 is 14.9 Å². The third-order valence-electron chi connectivity index (χ3n) is 3.02. The first-order chi connectivity index (χ1) is 9.62. The molecular weight excluding hydrogens is 252 g/mol. The van der Waals surface area contributed by atoms with E-state index in [1.165, 1.54) is 0 Å². The van der Waals surface area contributed by atoms with Crippen molar-refractivity contribution in [2.24, 2.45) is 0 Å². The van der Waals surface area contributed by atoms with Gasteiger partial charge in [-0.3, -0.25) is 0 Å². The van der Waals surface area contributed by atoms with Gasteiger partial charge in [-0.1, -0.05) is 24.0 Å². The minimum atomic E-state index is -0.148. The van der Waals surface area contributed by atoms with Crippen molar-refractivity contribution < 1.29 is 9.90 Å². The first-order valence-electron chi connectivity index (χ1n) is 6.81. The average Bonchev–Trinajstić information content (AvgIpc) is 2.46. The highest BCUT2D eigenvalue weighted by atomic mass is 16.2. The summed E-state index contributed by atoms with van der Waals surface area (Å²) >= 11 is 0. The molecule has 0 bridgehead atoms. The van der Waals surface area contributed by atoms with Crippen molar-refractivity contribution in [1.82, 2.24) is 9.80 Å². The molecule has 1 aromatic carbocycles. The molecule has 0 atom stereocenters. The number of aliphatic hydroxyl groups excluding tert-OH is 1. The Kier molecular flexibility index (Phi) is 6.61. The zero-order valence-corrected chi connectivity index (χ0v) is 12.4. The van der Waals surface area contributed by atoms with Crippen LogP contribution in [0.3, 0.4) is 0 Å². The van der Waals surface area contributed by atoms with Crippen LogP contribution in [-0.2, 0) is 6.54 Å². The molecule has 0 unspecified atom stereocenters. The van der Waals surface area contributed by atoms with Gasteiger partial charge in [0.1, 0.15) is 6.61 Å². The molecule has 1 rings (SSSR count). The van der Waals surface area contributed by atoms with E-state index in [-0.39, 0.29) is 12.6 Å². The lowest BCUT2D eigenvalue weighted by molar-refractivity contribution is 0.165. The molecule has 0 saturated heterocycles. The Bertz CT molecular complexity index is 499. The quantitative estimate of drug-likeness (QED) is 0.853. The molecule has 2 amide bonds. The highest BCUT2D eigenvalue weighted by molar-refractivity contribution is 5.74. The second-order valence-corrected chi connectivity index (χ2v) is 4.47. The Labute approximate surface area is 121 Å². The number of carbonyl (C=O) groups is 1. The monoisotopic (exact) mass is 274 g/mol. The van der Waals surface area contributed by atoms with E-state index in [1.54, 1.807) is 16.8 Å². The fourth-order valence-corrected chi connectivity index (χ4v) is 1.97. The summed E-state index contributed by atoms with van der Waals surface area (Å²) in [4.78, 5) is 15.6. The lowest BCUT2D eigenvalue weighted by Crippen LogP contribution is -2.40. The van der Waals surface area contributed by atoms with Crippen LogP contribution in [0, 0.1) is 11.8 Å². The van der Waals surface area contributed by atoms with Gasteiger partial charge in [-0.05, 0) is 31.5 Å². The number of hydrogen-bond donors (Lipinski definition) is 1. The minimum absolute atomic E-state index is 0.0295. The van der Waals surface area contributed by atoms with Gasteiger partial charge in [0.05, 0.1) is 0 Å². The van der Waals surface area contributed by atoms with Gasteiger partial charge >= 0.3 is 6.03 Å². The van der Waals surface area contributed by atoms with Crippen LogP contribution in [0.2, 0.25) is 0 Å². The SMILES string of the molecule is CCN(CC)C(=O)N(C)Cc1cccc(C#CCO)c1. The summed E-state index contributed by atoms with van der Waals surface area (Å²) in [6.07, 6.45) is 0. The van der Waals surface area contributed by atoms with Gasteiger partial charge in [-0.15, -0.1) is 0 Å². The summed E-state index contributed by atoms with van der Waals surface area (Å²) in [6, 6.07) is 7.73. The molecule has 4 heteroatoms. The lowest BCUT2D eigenvalue weighted by Gasteiger charge is -2.26. The predicted octanol–water partition coefficient (Wildman–Crippen LogP) is 1.92. The summed E-state index contributed by atoms with van der Waals surface area (Å²) in [5.41, 5.74) is 1.87. The summed E-state index contributed by atoms with van der Waals surface area (Å²) < 4.78 is 0. The Morgan fingerprint density at radius 1 is 1.30 bits per heavy atom. The predicted molar refractivity (Wildman–Crippen MR) is 80.2 cm³/mol. The van der Waals surface area contributed by atoms with E-state index < -0.39 is 0 Å². The Balaban J connectivity index is 2.75. The molecule has 0 fully saturated rings. The highest BCUT2D eigenvalue weighted by Crippen LogP contribution is 2.08. The molecule has 1 aromatic rings. The summed E-state index contributed by atoms with van der Waals surface area (Å²) in [6.45, 7) is 5.76. The summed E-state index contributed by atoms with van der Waals surface area (Å²) in [5.74, 6) is 5.49. The molecule has 4 nitrogen and oxygen atoms in total. The van der Waals surface area contributed by atoms with Crippen LogP contribution in [0.4, 0.5) is 4.79 Å². The third-order valence-corrected chi connectivity index (χ3v) is 3.02. The van der Waals surface area contributed by atoms with E-state index >= 15 is 0 Å². The van der Waals surface area contributed by atoms with E-state index in [2.05, 4.69) is 11.8 Å². The number of benzene rings is 1. The molecule has 20 heavy (non-hydrogen) atoms. The number of aliphatic hydroxyl groups is 1. The van der Waals surface area contributed by atoms with E-state index in [9.17, 15) is 4.79 Å². The van der Waals surface area contributed by atoms with Gasteiger partial charge in [0, 0.05) is 32.2 Å². The topological polar surface area (TPSA) is 43.8 Å². The van der Waals surface area contributed by atoms with E-state index in [0.717, 1.165) is 11.1 Å². The third kappa shape index (κ3) is 4.60. The van der Waals surface area contributed by atoms with Crippen LogP contribution in [0.25, 0.3) is 0 Å². The number of hydrogen-bond acceptors (Lipinski definition) is 2. The Morgan fingerprint density at radius 2 is 2.00 bits per heavy atom. The first kappa shape index (κ1) is 16.1. The van der Waals surface area contributed by atoms with Crippen LogP contribution in [0.15, 0.2) is 24.3 Å². The lowest BCUT2D eigenvalue weighted by atomic mass is 10.1. The van der Waals surface area contributed by atoms with Gasteiger partial charge in [0.2, 0.25) is 0 Å². The minimum Gasteiger partial charge on any atom is -0.384 e. The second-order valence-electron chi connectivity index (χ2n) is 4.47. The smallest absolute Gasteiger partial charge is 0.320 e. The van der Waals surface area contributed by atoms with Crippen molar-refractivity contribution in [3.63, 3.8) is 0 Å². The molecule has 0 aliphatic rings. The van der Waals surface area contributed by atoms with Crippen molar-refractivity contribution in [2.75, 3.05) is 26.7 Å². The summed E-state index contributed by atoms with van der Waals surface area (Å²) in [7, 11) is 1.80. The fraction of sp³-hybridized carbons (Fsp3) is 0.438. The molecule has 0 radical (unpaired) electrons. The number of carbonyl (C=O) groups excluding carboxylic acids is 1. The molecule has 0 spiro atoms. The van der Waals surface area contributed by atoms with Crippen LogP contribution < -0.4 is 0 Å². The second kappa shape index (κ2) is 8.23. The Morgan fingerprint density at radius 3 is 2.60 bits per heavy atom. The van der Waals surface area contributed by atoms with E-state index in [0.29, 0.717) is 19.6 Å². The maximum atomic E-state index is 12.2. The van der Waals surface area contributed by atoms with Gasteiger partial charge in [-0.25, -0.2) is 4.79 Å². The number of rotatable bonds is 4. The van der Waals surface area contributed by atoms with Crippen LogP contribution in [0.1, 0.15) is 25.0 Å². The summed E-state index contributed by atoms with van der Waals surface area (Å²) in [5, 5.41) is 8.70. The maximum absolute atomic E-state index is 12.2. The number of urea groups is 1. The molecule has 0 aliphatic carbocycles. The molecule has 1 N–H and O–H groups in total. The molecule has 0 aromatic heterocycles. The Hall–Kier alpha value is -1.99. The van der Waals surface area contributed by atoms with Crippen molar-refractivity contribution in [3.05, 3.63) is 35.4 Å². The molecular formula is C16H22N2O2. The van der Waals surface area contributed by atoms with Crippen LogP contribution >= 0.6 is 0 Å². The van der Waals surface area contributed by atoms with Crippen molar-refractivity contribution >= 4 is 6.03 Å². The normalized spacial score (nSPS) is 9.60. The number of amides is 2. The first-order valence-corrected chi connectivity index (χ1v) is 6.81. The number of nitrogens with zero attached hydrogens (tertiary/aromatic N) is 2. The zero-order valence-electron chi connectivity index (χ0n) is 12.4. The maximum Gasteiger partial charge on any atom is 0.320 e. The zero-order chi connectivity index (χ0) is 15.0. The molecule has 108 valence electrons. The van der Waals surface area contributed by atoms with E-state index in [4.69, 9.17) is 5.11 Å². The standard InChI is InChI=1S/C16H22N2O2/c1-4-18(5-2)16(20)17(3)13-15-9-6-8-14(12-15)10-7-11-19/h6,8-9,12,19H,4-5,11,13H2,1-3H3. The fourth-order valence-electron chi connectivity index (χ4n) is 1.97. The van der Waals surface area contributed by atoms with Gasteiger partial charge in [-0.2, -0.15) is 0 Å². The van der Waals surface area contributed by atoms with Gasteiger partial charge in [0.15, 0.2) is 0 Å². The largest absolute Gasteiger partial charge is 0.384 e.